The summed E-state index contributed by atoms with van der Waals surface area (Å²) in [5.74, 6) is -4.55. The Hall–Kier alpha value is -8.37. The van der Waals surface area contributed by atoms with Gasteiger partial charge in [-0.15, -0.1) is 30.3 Å². The third-order valence-electron chi connectivity index (χ3n) is 19.6. The molecule has 697 valence electrons. The molecule has 0 amide bonds. The van der Waals surface area contributed by atoms with E-state index in [0.717, 1.165) is 96.8 Å². The maximum Gasteiger partial charge on any atom is 0.368 e. The van der Waals surface area contributed by atoms with Crippen molar-refractivity contribution in [2.24, 2.45) is 35.2 Å². The van der Waals surface area contributed by atoms with Gasteiger partial charge >= 0.3 is 28.4 Å². The Labute approximate surface area is 920 Å². The number of benzene rings is 10. The molecule has 0 N–H and O–H groups in total. The van der Waals surface area contributed by atoms with E-state index in [2.05, 4.69) is 82.5 Å². The molecule has 0 saturated heterocycles. The Morgan fingerprint density at radius 2 is 0.625 bits per heavy atom. The zero-order valence-electron chi connectivity index (χ0n) is 73.3. The van der Waals surface area contributed by atoms with Gasteiger partial charge in [0.2, 0.25) is 0 Å². The monoisotopic (exact) mass is 2340 g/mol. The summed E-state index contributed by atoms with van der Waals surface area (Å²) in [5.41, 5.74) is 5.52. The molecule has 2 saturated carbocycles. The van der Waals surface area contributed by atoms with Crippen LogP contribution in [0.3, 0.4) is 0 Å². The van der Waals surface area contributed by atoms with Crippen molar-refractivity contribution in [3.8, 4) is 68.7 Å². The maximum absolute atomic E-state index is 13.7. The number of ether oxygens (including phenoxy) is 7. The van der Waals surface area contributed by atoms with Gasteiger partial charge in [-0.25, -0.2) is 54.7 Å². The quantitative estimate of drug-likeness (QED) is 0.0359. The van der Waals surface area contributed by atoms with Crippen LogP contribution >= 0.6 is 58.0 Å². The third kappa shape index (κ3) is 28.1. The van der Waals surface area contributed by atoms with Crippen LogP contribution in [0.25, 0.3) is 28.4 Å². The molecule has 2 fully saturated rings. The van der Waals surface area contributed by atoms with Gasteiger partial charge < -0.3 is 33.2 Å². The summed E-state index contributed by atoms with van der Waals surface area (Å²) in [5, 5.41) is 38.9. The van der Waals surface area contributed by atoms with Gasteiger partial charge in [-0.1, -0.05) is 78.9 Å². The number of alkyl halides is 2. The van der Waals surface area contributed by atoms with E-state index in [1.54, 1.807) is 72.8 Å². The fourth-order valence-electron chi connectivity index (χ4n) is 12.8. The Bertz CT molecular complexity index is 7020. The summed E-state index contributed by atoms with van der Waals surface area (Å²) >= 11 is 30.1. The second-order valence-electron chi connectivity index (χ2n) is 29.1. The number of aryl methyl sites for hydroxylation is 6. The molecule has 5 heterocycles. The Morgan fingerprint density at radius 3 is 0.912 bits per heavy atom. The van der Waals surface area contributed by atoms with E-state index in [4.69, 9.17) is 91.2 Å². The molecule has 136 heavy (non-hydrogen) atoms. The number of rotatable bonds is 26. The first kappa shape index (κ1) is 113. The Morgan fingerprint density at radius 1 is 0.368 bits per heavy atom. The molecule has 0 aliphatic heterocycles. The molecule has 49 heteroatoms. The van der Waals surface area contributed by atoms with Crippen LogP contribution in [-0.4, -0.2) is 118 Å². The number of tetrazole rings is 5. The van der Waals surface area contributed by atoms with Crippen LogP contribution < -0.4 is 61.6 Å². The van der Waals surface area contributed by atoms with Gasteiger partial charge in [-0.05, 0) is 183 Å². The van der Waals surface area contributed by atoms with Crippen molar-refractivity contribution in [1.82, 2.24) is 99.0 Å². The van der Waals surface area contributed by atoms with Crippen molar-refractivity contribution in [2.45, 2.75) is 104 Å². The maximum atomic E-state index is 13.7. The summed E-state index contributed by atoms with van der Waals surface area (Å²) in [4.78, 5) is 61.1. The van der Waals surface area contributed by atoms with Crippen molar-refractivity contribution in [3.05, 3.63) is 333 Å². The van der Waals surface area contributed by atoms with Crippen LogP contribution in [0.1, 0.15) is 96.4 Å². The summed E-state index contributed by atoms with van der Waals surface area (Å²) in [7, 11) is 7.47. The van der Waals surface area contributed by atoms with Gasteiger partial charge in [0, 0.05) is 280 Å². The van der Waals surface area contributed by atoms with E-state index in [1.165, 1.54) is 81.0 Å². The van der Waals surface area contributed by atoms with Crippen LogP contribution in [0.2, 0.25) is 25.1 Å². The van der Waals surface area contributed by atoms with Crippen molar-refractivity contribution in [2.75, 3.05) is 6.61 Å². The van der Waals surface area contributed by atoms with Gasteiger partial charge in [0.15, 0.2) is 0 Å². The summed E-state index contributed by atoms with van der Waals surface area (Å²) in [6, 6.07) is 50.0. The molecular weight excluding hydrogens is 2270 g/mol. The normalized spacial score (nSPS) is 12.4. The average molecular weight is 2350 g/mol. The molecule has 0 bridgehead atoms. The summed E-state index contributed by atoms with van der Waals surface area (Å²) in [6.45, 7) is 7.86. The zero-order valence-corrected chi connectivity index (χ0v) is 91.3. The van der Waals surface area contributed by atoms with Gasteiger partial charge in [0.05, 0.1) is 58.2 Å². The molecular formula is C87H73Cl5F7N20O12Y5-5. The van der Waals surface area contributed by atoms with Gasteiger partial charge in [-0.3, -0.25) is 0 Å². The molecule has 5 aromatic heterocycles. The van der Waals surface area contributed by atoms with Crippen molar-refractivity contribution in [1.29, 1.82) is 0 Å². The number of aromatic nitrogens is 20. The number of hydrogen-bond donors (Lipinski definition) is 0. The first-order valence-electron chi connectivity index (χ1n) is 39.3. The molecule has 5 radical (unpaired) electrons. The van der Waals surface area contributed by atoms with Gasteiger partial charge in [0.25, 0.3) is 5.92 Å². The van der Waals surface area contributed by atoms with E-state index in [1.807, 2.05) is 45.9 Å². The molecule has 32 nitrogen and oxygen atoms in total. The van der Waals surface area contributed by atoms with Crippen LogP contribution in [0, 0.1) is 66.3 Å². The van der Waals surface area contributed by atoms with Crippen LogP contribution in [0.5, 0.6) is 40.2 Å². The first-order valence-corrected chi connectivity index (χ1v) is 41.2. The van der Waals surface area contributed by atoms with E-state index in [9.17, 15) is 54.7 Å². The van der Waals surface area contributed by atoms with E-state index >= 15 is 0 Å². The number of nitrogens with zero attached hydrogens (tertiary/aromatic N) is 20. The third-order valence-corrected chi connectivity index (χ3v) is 21.1. The minimum atomic E-state index is -2.83. The number of halogens is 12. The second-order valence-corrected chi connectivity index (χ2v) is 31.1. The second kappa shape index (κ2) is 51.2. The van der Waals surface area contributed by atoms with E-state index < -0.39 is 58.0 Å². The zero-order chi connectivity index (χ0) is 93.8. The molecule has 1 unspecified atom stereocenters. The Balaban J connectivity index is 0.000000207. The van der Waals surface area contributed by atoms with Crippen LogP contribution in [0.4, 0.5) is 30.7 Å². The van der Waals surface area contributed by atoms with Crippen molar-refractivity contribution >= 4 is 58.0 Å². The van der Waals surface area contributed by atoms with Crippen LogP contribution in [0.15, 0.2) is 176 Å². The largest absolute Gasteiger partial charge is 0.513 e. The predicted octanol–water partition coefficient (Wildman–Crippen LogP) is 14.2. The SMILES string of the molecule is CC(C)Oc1cccc(-n2nnn(C)c2=O)c1COc1cc(F)[c-]cc1Cl.CCOc1cccc(-n2nnn(C)c2=O)c1COc1cc(F)[c-]cc1Cl.Cc1cccc(-n2nnn(C)c2=O)c1COc1cc(F)[c-]cc1Cl.Cn1nnn(-c2cccc(C3CC3(F)F)c2COc2cc(F)[c-]cc2Cl)c1=O.Cn1nnn(-c2cccc(C3CC3)c2COc2cc(F)[c-]cc2Cl)c1=O.[Y].[Y].[Y].[Y].[Y]. The fourth-order valence-corrected chi connectivity index (χ4v) is 13.7. The van der Waals surface area contributed by atoms with E-state index in [-0.39, 0.29) is 280 Å². The first-order chi connectivity index (χ1) is 62.7. The molecule has 17 rings (SSSR count). The molecule has 1 atom stereocenters. The van der Waals surface area contributed by atoms with Crippen molar-refractivity contribution in [3.63, 3.8) is 0 Å². The average Bonchev–Trinajstić information content (AvgIpc) is 1.59. The van der Waals surface area contributed by atoms with Gasteiger partial charge in [0.1, 0.15) is 44.5 Å². The molecule has 15 aromatic rings. The summed E-state index contributed by atoms with van der Waals surface area (Å²) < 4.78 is 146. The van der Waals surface area contributed by atoms with Crippen LogP contribution in [-0.2, 0) is 232 Å². The van der Waals surface area contributed by atoms with Gasteiger partial charge in [-0.2, -0.15) is 135 Å². The Kier molecular flexibility index (Phi) is 42.5. The van der Waals surface area contributed by atoms with E-state index in [0.29, 0.717) is 69.0 Å². The van der Waals surface area contributed by atoms with Crippen molar-refractivity contribution < 1.29 is 227 Å². The topological polar surface area (TPSA) is 328 Å². The fraction of sp³-hybridized carbons (Fsp3) is 0.253. The number of hydrogen-bond acceptors (Lipinski definition) is 22. The smallest absolute Gasteiger partial charge is 0.368 e. The molecule has 10 aromatic carbocycles. The predicted molar refractivity (Wildman–Crippen MR) is 462 cm³/mol. The molecule has 2 aliphatic carbocycles. The minimum Gasteiger partial charge on any atom is -0.513 e. The molecule has 2 aliphatic rings. The molecule has 0 spiro atoms. The minimum absolute atomic E-state index is 0. The standard InChI is InChI=1S/C18H13ClF3N4O2.C18H17ClFN4O3.C18H15ClFN4O2.C17H15ClFN4O3.C16H13ClFN4O2.5Y/c1-25-17(27)26(24-23-25)15-4-2-3-11(13-8-18(13,21)22)12(15)9-28-16-7-10(20)5-6-14(16)19;1-11(2)27-16-6-4-5-15(24-18(25)23(3)21-22-24)13(16)10-26-17-9-12(20)7-8-14(17)19;1-23-18(25)24(22-21-23)16-4-2-3-13(11-5-6-11)14(16)10-26-17-9-12(20)7-8-15(17)19;1-3-25-15-6-4-5-14(23-17(24)22(2)20-21-23)12(15)10-26-16-9-11(19)7-8-13(16)18;1-10-4-3-5-14(22-16(23)21(2)19-20-22)12(10)9-24-15-8-11(18)6-7-13(15)17;;;;;/h2-4,6-7,13H,8-9H2,1H3;4-6,8-9,11H,10H2,1-3H3;2-4,8-9,11H,5-6,10H2,1H3;4-6,8-9H,3,10H2,1-2H3;3-5,7-8H,9H2,1-2H3;;;;;/q5*-1;;;;;. The summed E-state index contributed by atoms with van der Waals surface area (Å²) in [6.07, 6.45) is 1.77.